The molecule has 0 aliphatic carbocycles. The van der Waals surface area contributed by atoms with Gasteiger partial charge in [0.05, 0.1) is 0 Å². The number of ether oxygens (including phenoxy) is 1. The van der Waals surface area contributed by atoms with Crippen molar-refractivity contribution in [1.29, 1.82) is 0 Å². The van der Waals surface area contributed by atoms with E-state index in [-0.39, 0.29) is 5.91 Å². The van der Waals surface area contributed by atoms with Crippen LogP contribution in [0.4, 0.5) is 0 Å². The van der Waals surface area contributed by atoms with Gasteiger partial charge in [0.1, 0.15) is 18.1 Å². The summed E-state index contributed by atoms with van der Waals surface area (Å²) in [5, 5.41) is 0. The molecule has 0 radical (unpaired) electrons. The molecule has 0 unspecified atom stereocenters. The Balaban J connectivity index is 1.35. The van der Waals surface area contributed by atoms with Gasteiger partial charge in [-0.15, -0.1) is 0 Å². The molecule has 3 aromatic rings. The van der Waals surface area contributed by atoms with Crippen LogP contribution in [0, 0.1) is 0 Å². The highest BCUT2D eigenvalue weighted by molar-refractivity contribution is 5.91. The first-order valence-electron chi connectivity index (χ1n) is 9.89. The van der Waals surface area contributed by atoms with Crippen LogP contribution < -0.4 is 4.74 Å². The van der Waals surface area contributed by atoms with E-state index in [9.17, 15) is 4.79 Å². The van der Waals surface area contributed by atoms with Crippen molar-refractivity contribution in [3.8, 4) is 5.75 Å². The quantitative estimate of drug-likeness (QED) is 0.608. The van der Waals surface area contributed by atoms with Crippen LogP contribution >= 0.6 is 0 Å². The molecule has 144 valence electrons. The predicted molar refractivity (Wildman–Crippen MR) is 108 cm³/mol. The van der Waals surface area contributed by atoms with E-state index in [1.807, 2.05) is 35.2 Å². The largest absolute Gasteiger partial charge is 0.486 e. The Morgan fingerprint density at radius 2 is 1.82 bits per heavy atom. The van der Waals surface area contributed by atoms with Gasteiger partial charge < -0.3 is 14.1 Å². The average molecular weight is 375 g/mol. The van der Waals surface area contributed by atoms with Crippen LogP contribution in [0.5, 0.6) is 5.75 Å². The smallest absolute Gasteiger partial charge is 0.289 e. The molecule has 0 spiro atoms. The lowest BCUT2D eigenvalue weighted by Crippen LogP contribution is -2.35. The Hall–Kier alpha value is -3.01. The number of nitrogens with zero attached hydrogens (tertiary/aromatic N) is 1. The maximum absolute atomic E-state index is 12.8. The Morgan fingerprint density at radius 1 is 1.04 bits per heavy atom. The minimum atomic E-state index is -0.0651. The highest BCUT2D eigenvalue weighted by atomic mass is 16.5. The van der Waals surface area contributed by atoms with E-state index >= 15 is 0 Å². The third-order valence-electron chi connectivity index (χ3n) is 5.13. The summed E-state index contributed by atoms with van der Waals surface area (Å²) in [5.41, 5.74) is 3.85. The molecule has 0 saturated heterocycles. The van der Waals surface area contributed by atoms with Gasteiger partial charge in [-0.2, -0.15) is 0 Å². The van der Waals surface area contributed by atoms with Crippen LogP contribution in [0.1, 0.15) is 46.3 Å². The van der Waals surface area contributed by atoms with E-state index in [4.69, 9.17) is 9.15 Å². The molecule has 2 aromatic carbocycles. The summed E-state index contributed by atoms with van der Waals surface area (Å²) in [4.78, 5) is 14.6. The molecule has 0 bridgehead atoms. The van der Waals surface area contributed by atoms with E-state index < -0.39 is 0 Å². The summed E-state index contributed by atoms with van der Waals surface area (Å²) in [6.07, 6.45) is 3.09. The second-order valence-corrected chi connectivity index (χ2v) is 7.19. The molecular formula is C24H25NO3. The summed E-state index contributed by atoms with van der Waals surface area (Å²) < 4.78 is 11.5. The van der Waals surface area contributed by atoms with Gasteiger partial charge in [-0.05, 0) is 53.8 Å². The first kappa shape index (κ1) is 18.4. The van der Waals surface area contributed by atoms with Crippen molar-refractivity contribution in [2.75, 3.05) is 6.54 Å². The maximum Gasteiger partial charge on any atom is 0.289 e. The maximum atomic E-state index is 12.8. The third-order valence-corrected chi connectivity index (χ3v) is 5.13. The molecular weight excluding hydrogens is 350 g/mol. The lowest BCUT2D eigenvalue weighted by atomic mass is 10.00. The SMILES string of the molecule is CCCc1ccc(OCc2ccc(C(=O)N3CCc4ccccc4C3)o2)cc1. The van der Waals surface area contributed by atoms with E-state index in [0.29, 0.717) is 31.2 Å². The van der Waals surface area contributed by atoms with Crippen LogP contribution in [0.15, 0.2) is 65.1 Å². The molecule has 28 heavy (non-hydrogen) atoms. The van der Waals surface area contributed by atoms with Gasteiger partial charge >= 0.3 is 0 Å². The number of hydrogen-bond donors (Lipinski definition) is 0. The minimum Gasteiger partial charge on any atom is -0.486 e. The molecule has 1 aliphatic rings. The van der Waals surface area contributed by atoms with Crippen molar-refractivity contribution >= 4 is 5.91 Å². The third kappa shape index (κ3) is 4.11. The zero-order chi connectivity index (χ0) is 19.3. The number of fused-ring (bicyclic) bond motifs is 1. The number of rotatable bonds is 6. The number of amides is 1. The second kappa shape index (κ2) is 8.34. The van der Waals surface area contributed by atoms with Crippen molar-refractivity contribution in [3.05, 3.63) is 88.9 Å². The molecule has 1 amide bonds. The Labute approximate surface area is 165 Å². The summed E-state index contributed by atoms with van der Waals surface area (Å²) in [6, 6.07) is 20.0. The zero-order valence-corrected chi connectivity index (χ0v) is 16.2. The van der Waals surface area contributed by atoms with Gasteiger partial charge in [0.2, 0.25) is 0 Å². The number of carbonyl (C=O) groups is 1. The fourth-order valence-electron chi connectivity index (χ4n) is 3.59. The van der Waals surface area contributed by atoms with Crippen LogP contribution in [0.3, 0.4) is 0 Å². The fourth-order valence-corrected chi connectivity index (χ4v) is 3.59. The molecule has 0 saturated carbocycles. The average Bonchev–Trinajstić information content (AvgIpc) is 3.22. The summed E-state index contributed by atoms with van der Waals surface area (Å²) in [5.74, 6) is 1.76. The normalized spacial score (nSPS) is 13.2. The van der Waals surface area contributed by atoms with Gasteiger partial charge in [-0.1, -0.05) is 49.7 Å². The fraction of sp³-hybridized carbons (Fsp3) is 0.292. The molecule has 0 atom stereocenters. The highest BCUT2D eigenvalue weighted by Crippen LogP contribution is 2.22. The molecule has 0 fully saturated rings. The van der Waals surface area contributed by atoms with E-state index in [1.165, 1.54) is 16.7 Å². The first-order chi connectivity index (χ1) is 13.7. The number of hydrogen-bond acceptors (Lipinski definition) is 3. The monoisotopic (exact) mass is 375 g/mol. The van der Waals surface area contributed by atoms with Gasteiger partial charge in [-0.25, -0.2) is 0 Å². The van der Waals surface area contributed by atoms with Crippen LogP contribution in [0.2, 0.25) is 0 Å². The van der Waals surface area contributed by atoms with Crippen LogP contribution in [0.25, 0.3) is 0 Å². The van der Waals surface area contributed by atoms with E-state index in [2.05, 4.69) is 31.2 Å². The Morgan fingerprint density at radius 3 is 2.61 bits per heavy atom. The number of carbonyl (C=O) groups excluding carboxylic acids is 1. The van der Waals surface area contributed by atoms with Crippen molar-refractivity contribution in [2.24, 2.45) is 0 Å². The number of furan rings is 1. The van der Waals surface area contributed by atoms with E-state index in [0.717, 1.165) is 25.0 Å². The zero-order valence-electron chi connectivity index (χ0n) is 16.2. The minimum absolute atomic E-state index is 0.0651. The van der Waals surface area contributed by atoms with Crippen molar-refractivity contribution < 1.29 is 13.9 Å². The highest BCUT2D eigenvalue weighted by Gasteiger charge is 2.23. The predicted octanol–water partition coefficient (Wildman–Crippen LogP) is 5.01. The number of aryl methyl sites for hydroxylation is 1. The topological polar surface area (TPSA) is 42.7 Å². The Bertz CT molecular complexity index is 942. The summed E-state index contributed by atoms with van der Waals surface area (Å²) >= 11 is 0. The standard InChI is InChI=1S/C24H25NO3/c1-2-5-18-8-10-21(11-9-18)27-17-22-12-13-23(28-22)24(26)25-15-14-19-6-3-4-7-20(19)16-25/h3-4,6-13H,2,5,14-17H2,1H3. The molecule has 4 nitrogen and oxygen atoms in total. The Kier molecular flexibility index (Phi) is 5.47. The lowest BCUT2D eigenvalue weighted by Gasteiger charge is -2.28. The summed E-state index contributed by atoms with van der Waals surface area (Å²) in [6.45, 7) is 3.82. The van der Waals surface area contributed by atoms with Gasteiger partial charge in [0, 0.05) is 13.1 Å². The van der Waals surface area contributed by atoms with Crippen LogP contribution in [-0.4, -0.2) is 17.4 Å². The molecule has 4 heteroatoms. The van der Waals surface area contributed by atoms with E-state index in [1.54, 1.807) is 6.07 Å². The second-order valence-electron chi connectivity index (χ2n) is 7.19. The van der Waals surface area contributed by atoms with Crippen molar-refractivity contribution in [2.45, 2.75) is 39.3 Å². The van der Waals surface area contributed by atoms with Gasteiger partial charge in [0.15, 0.2) is 5.76 Å². The molecule has 4 rings (SSSR count). The first-order valence-corrected chi connectivity index (χ1v) is 9.89. The molecule has 1 aliphatic heterocycles. The molecule has 1 aromatic heterocycles. The number of benzene rings is 2. The van der Waals surface area contributed by atoms with Crippen LogP contribution in [-0.2, 0) is 26.0 Å². The van der Waals surface area contributed by atoms with Gasteiger partial charge in [0.25, 0.3) is 5.91 Å². The molecule has 2 heterocycles. The van der Waals surface area contributed by atoms with Crippen molar-refractivity contribution in [3.63, 3.8) is 0 Å². The van der Waals surface area contributed by atoms with Gasteiger partial charge in [-0.3, -0.25) is 4.79 Å². The van der Waals surface area contributed by atoms with Crippen molar-refractivity contribution in [1.82, 2.24) is 4.90 Å². The summed E-state index contributed by atoms with van der Waals surface area (Å²) in [7, 11) is 0. The molecule has 0 N–H and O–H groups in total. The lowest BCUT2D eigenvalue weighted by molar-refractivity contribution is 0.0698.